The molecule has 2 N–H and O–H groups in total. The average Bonchev–Trinajstić information content (AvgIpc) is 2.46. The van der Waals surface area contributed by atoms with E-state index >= 15 is 0 Å². The lowest BCUT2D eigenvalue weighted by molar-refractivity contribution is -0.136. The van der Waals surface area contributed by atoms with Crippen molar-refractivity contribution in [2.75, 3.05) is 0 Å². The van der Waals surface area contributed by atoms with Crippen molar-refractivity contribution < 1.29 is 18.3 Å². The van der Waals surface area contributed by atoms with Gasteiger partial charge in [0, 0.05) is 6.54 Å². The molecular formula is C16H17NO4S. The molecule has 0 aromatic heterocycles. The molecular weight excluding hydrogens is 302 g/mol. The summed E-state index contributed by atoms with van der Waals surface area (Å²) in [6.45, 7) is 1.94. The first kappa shape index (κ1) is 16.2. The van der Waals surface area contributed by atoms with Crippen molar-refractivity contribution in [3.8, 4) is 0 Å². The summed E-state index contributed by atoms with van der Waals surface area (Å²) < 4.78 is 26.9. The summed E-state index contributed by atoms with van der Waals surface area (Å²) in [6.07, 6.45) is -0.136. The van der Waals surface area contributed by atoms with Gasteiger partial charge in [-0.2, -0.15) is 0 Å². The minimum absolute atomic E-state index is 0.0552. The Morgan fingerprint density at radius 1 is 1.05 bits per heavy atom. The number of benzene rings is 2. The van der Waals surface area contributed by atoms with Gasteiger partial charge in [-0.25, -0.2) is 13.1 Å². The van der Waals surface area contributed by atoms with E-state index in [9.17, 15) is 13.2 Å². The van der Waals surface area contributed by atoms with E-state index in [0.717, 1.165) is 5.56 Å². The van der Waals surface area contributed by atoms with Crippen LogP contribution >= 0.6 is 0 Å². The molecule has 0 amide bonds. The fraction of sp³-hybridized carbons (Fsp3) is 0.188. The summed E-state index contributed by atoms with van der Waals surface area (Å²) >= 11 is 0. The smallest absolute Gasteiger partial charge is 0.307 e. The van der Waals surface area contributed by atoms with E-state index in [-0.39, 0.29) is 17.9 Å². The third kappa shape index (κ3) is 4.16. The molecule has 0 saturated heterocycles. The fourth-order valence-electron chi connectivity index (χ4n) is 2.04. The topological polar surface area (TPSA) is 83.5 Å². The van der Waals surface area contributed by atoms with E-state index in [0.29, 0.717) is 11.1 Å². The summed E-state index contributed by atoms with van der Waals surface area (Å²) in [5.41, 5.74) is 2.23. The van der Waals surface area contributed by atoms with Crippen molar-refractivity contribution in [1.29, 1.82) is 0 Å². The minimum Gasteiger partial charge on any atom is -0.481 e. The highest BCUT2D eigenvalue weighted by atomic mass is 32.2. The lowest BCUT2D eigenvalue weighted by Gasteiger charge is -2.10. The van der Waals surface area contributed by atoms with Crippen molar-refractivity contribution >= 4 is 16.0 Å². The van der Waals surface area contributed by atoms with E-state index in [4.69, 9.17) is 5.11 Å². The Kier molecular flexibility index (Phi) is 4.95. The van der Waals surface area contributed by atoms with Gasteiger partial charge < -0.3 is 5.11 Å². The standard InChI is InChI=1S/C16H17NO4S/c1-12-6-8-15(9-7-12)22(20,21)17-11-14-5-3-2-4-13(14)10-16(18)19/h2-9,17H,10-11H2,1H3,(H,18,19). The van der Waals surface area contributed by atoms with Gasteiger partial charge in [-0.15, -0.1) is 0 Å². The van der Waals surface area contributed by atoms with Gasteiger partial charge in [-0.1, -0.05) is 42.0 Å². The Morgan fingerprint density at radius 2 is 1.64 bits per heavy atom. The van der Waals surface area contributed by atoms with Crippen molar-refractivity contribution in [2.45, 2.75) is 24.8 Å². The van der Waals surface area contributed by atoms with Crippen LogP contribution in [0.25, 0.3) is 0 Å². The molecule has 0 radical (unpaired) electrons. The molecule has 0 aliphatic rings. The van der Waals surface area contributed by atoms with Gasteiger partial charge in [0.2, 0.25) is 10.0 Å². The predicted octanol–water partition coefficient (Wildman–Crippen LogP) is 2.10. The molecule has 0 atom stereocenters. The number of carboxylic acids is 1. The van der Waals surface area contributed by atoms with Crippen LogP contribution in [0.5, 0.6) is 0 Å². The molecule has 0 aliphatic carbocycles. The van der Waals surface area contributed by atoms with Crippen molar-refractivity contribution in [3.05, 3.63) is 65.2 Å². The second kappa shape index (κ2) is 6.72. The van der Waals surface area contributed by atoms with Gasteiger partial charge in [0.25, 0.3) is 0 Å². The Labute approximate surface area is 129 Å². The zero-order valence-electron chi connectivity index (χ0n) is 12.1. The van der Waals surface area contributed by atoms with Gasteiger partial charge >= 0.3 is 5.97 Å². The Bertz CT molecular complexity index is 767. The van der Waals surface area contributed by atoms with Crippen LogP contribution in [-0.4, -0.2) is 19.5 Å². The number of rotatable bonds is 6. The number of carbonyl (C=O) groups is 1. The largest absolute Gasteiger partial charge is 0.481 e. The lowest BCUT2D eigenvalue weighted by Crippen LogP contribution is -2.24. The van der Waals surface area contributed by atoms with E-state index < -0.39 is 16.0 Å². The lowest BCUT2D eigenvalue weighted by atomic mass is 10.1. The number of carboxylic acid groups (broad SMARTS) is 1. The van der Waals surface area contributed by atoms with Crippen LogP contribution < -0.4 is 4.72 Å². The number of aliphatic carboxylic acids is 1. The maximum Gasteiger partial charge on any atom is 0.307 e. The monoisotopic (exact) mass is 319 g/mol. The number of sulfonamides is 1. The van der Waals surface area contributed by atoms with Gasteiger partial charge in [-0.05, 0) is 30.2 Å². The van der Waals surface area contributed by atoms with Crippen LogP contribution in [0.3, 0.4) is 0 Å². The highest BCUT2D eigenvalue weighted by Gasteiger charge is 2.14. The molecule has 0 spiro atoms. The van der Waals surface area contributed by atoms with E-state index in [1.54, 1.807) is 48.5 Å². The first-order chi connectivity index (χ1) is 10.4. The van der Waals surface area contributed by atoms with Crippen molar-refractivity contribution in [3.63, 3.8) is 0 Å². The SMILES string of the molecule is Cc1ccc(S(=O)(=O)NCc2ccccc2CC(=O)O)cc1. The first-order valence-electron chi connectivity index (χ1n) is 6.73. The molecule has 0 unspecified atom stereocenters. The van der Waals surface area contributed by atoms with Gasteiger partial charge in [-0.3, -0.25) is 4.79 Å². The molecule has 0 heterocycles. The zero-order valence-corrected chi connectivity index (χ0v) is 12.9. The summed E-state index contributed by atoms with van der Waals surface area (Å²) in [5.74, 6) is -0.950. The average molecular weight is 319 g/mol. The summed E-state index contributed by atoms with van der Waals surface area (Å²) in [6, 6.07) is 13.4. The molecule has 116 valence electrons. The molecule has 5 nitrogen and oxygen atoms in total. The van der Waals surface area contributed by atoms with E-state index in [1.807, 2.05) is 6.92 Å². The molecule has 0 fully saturated rings. The van der Waals surface area contributed by atoms with Crippen LogP contribution in [0, 0.1) is 6.92 Å². The summed E-state index contributed by atoms with van der Waals surface area (Å²) in [5, 5.41) is 8.88. The minimum atomic E-state index is -3.62. The quantitative estimate of drug-likeness (QED) is 0.854. The zero-order chi connectivity index (χ0) is 16.2. The Morgan fingerprint density at radius 3 is 2.23 bits per heavy atom. The number of hydrogen-bond donors (Lipinski definition) is 2. The van der Waals surface area contributed by atoms with E-state index in [1.165, 1.54) is 0 Å². The van der Waals surface area contributed by atoms with Gasteiger partial charge in [0.1, 0.15) is 0 Å². The van der Waals surface area contributed by atoms with Crippen LogP contribution in [0.2, 0.25) is 0 Å². The molecule has 6 heteroatoms. The summed E-state index contributed by atoms with van der Waals surface area (Å²) in [7, 11) is -3.62. The number of nitrogens with one attached hydrogen (secondary N) is 1. The van der Waals surface area contributed by atoms with Crippen molar-refractivity contribution in [2.24, 2.45) is 0 Å². The van der Waals surface area contributed by atoms with Gasteiger partial charge in [0.05, 0.1) is 11.3 Å². The van der Waals surface area contributed by atoms with Gasteiger partial charge in [0.15, 0.2) is 0 Å². The highest BCUT2D eigenvalue weighted by molar-refractivity contribution is 7.89. The van der Waals surface area contributed by atoms with E-state index in [2.05, 4.69) is 4.72 Å². The Hall–Kier alpha value is -2.18. The first-order valence-corrected chi connectivity index (χ1v) is 8.22. The van der Waals surface area contributed by atoms with Crippen LogP contribution in [0.1, 0.15) is 16.7 Å². The van der Waals surface area contributed by atoms with Crippen LogP contribution in [-0.2, 0) is 27.8 Å². The molecule has 0 bridgehead atoms. The molecule has 2 aromatic rings. The van der Waals surface area contributed by atoms with Crippen LogP contribution in [0.15, 0.2) is 53.4 Å². The third-order valence-corrected chi connectivity index (χ3v) is 4.66. The predicted molar refractivity (Wildman–Crippen MR) is 83.0 cm³/mol. The summed E-state index contributed by atoms with van der Waals surface area (Å²) in [4.78, 5) is 11.0. The molecule has 2 rings (SSSR count). The second-order valence-electron chi connectivity index (χ2n) is 4.98. The maximum atomic E-state index is 12.2. The third-order valence-electron chi connectivity index (χ3n) is 3.24. The normalized spacial score (nSPS) is 11.3. The number of aryl methyl sites for hydroxylation is 1. The molecule has 0 saturated carbocycles. The maximum absolute atomic E-state index is 12.2. The van der Waals surface area contributed by atoms with Crippen LogP contribution in [0.4, 0.5) is 0 Å². The van der Waals surface area contributed by atoms with Crippen molar-refractivity contribution in [1.82, 2.24) is 4.72 Å². The number of hydrogen-bond acceptors (Lipinski definition) is 3. The second-order valence-corrected chi connectivity index (χ2v) is 6.74. The fourth-order valence-corrected chi connectivity index (χ4v) is 3.05. The molecule has 2 aromatic carbocycles. The molecule has 0 aliphatic heterocycles. The highest BCUT2D eigenvalue weighted by Crippen LogP contribution is 2.13. The molecule has 22 heavy (non-hydrogen) atoms. The Balaban J connectivity index is 2.15.